The molecule has 0 aromatic heterocycles. The summed E-state index contributed by atoms with van der Waals surface area (Å²) in [6.45, 7) is 1.08. The summed E-state index contributed by atoms with van der Waals surface area (Å²) in [6, 6.07) is 11.0. The standard InChI is InChI=1S/C15H21N5O/c16-11-1-3-13(17)10(7-11)9-20-12-2-4-14(18)15(8-12)19-5-6-21/h1-4,7-8,19-21H,5-6,9,16-18H2. The van der Waals surface area contributed by atoms with E-state index in [-0.39, 0.29) is 6.61 Å². The molecule has 0 radical (unpaired) electrons. The monoisotopic (exact) mass is 287 g/mol. The van der Waals surface area contributed by atoms with Crippen LogP contribution in [0.1, 0.15) is 5.56 Å². The maximum absolute atomic E-state index is 8.85. The van der Waals surface area contributed by atoms with E-state index in [4.69, 9.17) is 22.3 Å². The molecular weight excluding hydrogens is 266 g/mol. The summed E-state index contributed by atoms with van der Waals surface area (Å²) in [5.74, 6) is 0. The third-order valence-corrected chi connectivity index (χ3v) is 3.13. The van der Waals surface area contributed by atoms with Gasteiger partial charge in [0.15, 0.2) is 0 Å². The van der Waals surface area contributed by atoms with E-state index in [9.17, 15) is 0 Å². The van der Waals surface area contributed by atoms with Gasteiger partial charge in [0.05, 0.1) is 18.0 Å². The van der Waals surface area contributed by atoms with Crippen molar-refractivity contribution in [1.29, 1.82) is 0 Å². The fourth-order valence-electron chi connectivity index (χ4n) is 1.99. The van der Waals surface area contributed by atoms with E-state index in [0.29, 0.717) is 30.2 Å². The molecule has 0 saturated heterocycles. The number of hydrogen-bond acceptors (Lipinski definition) is 6. The lowest BCUT2D eigenvalue weighted by Crippen LogP contribution is -2.08. The molecule has 0 aliphatic rings. The summed E-state index contributed by atoms with van der Waals surface area (Å²) in [5.41, 5.74) is 22.2. The molecule has 0 spiro atoms. The normalized spacial score (nSPS) is 10.3. The van der Waals surface area contributed by atoms with Crippen molar-refractivity contribution >= 4 is 28.4 Å². The molecule has 0 atom stereocenters. The average molecular weight is 287 g/mol. The van der Waals surface area contributed by atoms with Gasteiger partial charge in [-0.15, -0.1) is 0 Å². The first-order chi connectivity index (χ1) is 10.1. The SMILES string of the molecule is Nc1ccc(N)c(CNc2ccc(N)c(NCCO)c2)c1. The summed E-state index contributed by atoms with van der Waals surface area (Å²) in [4.78, 5) is 0. The highest BCUT2D eigenvalue weighted by atomic mass is 16.3. The Morgan fingerprint density at radius 3 is 2.43 bits per heavy atom. The number of rotatable bonds is 6. The van der Waals surface area contributed by atoms with Crippen LogP contribution in [0.5, 0.6) is 0 Å². The first kappa shape index (κ1) is 14.8. The highest BCUT2D eigenvalue weighted by Crippen LogP contribution is 2.24. The number of nitrogens with one attached hydrogen (secondary N) is 2. The van der Waals surface area contributed by atoms with E-state index in [1.165, 1.54) is 0 Å². The van der Waals surface area contributed by atoms with Gasteiger partial charge in [0, 0.05) is 30.2 Å². The molecule has 0 heterocycles. The van der Waals surface area contributed by atoms with Crippen molar-refractivity contribution in [3.8, 4) is 0 Å². The highest BCUT2D eigenvalue weighted by molar-refractivity contribution is 5.72. The lowest BCUT2D eigenvalue weighted by molar-refractivity contribution is 0.311. The minimum atomic E-state index is 0.0525. The number of anilines is 5. The second kappa shape index (κ2) is 6.71. The Morgan fingerprint density at radius 1 is 0.905 bits per heavy atom. The number of nitrogen functional groups attached to an aromatic ring is 3. The summed E-state index contributed by atoms with van der Waals surface area (Å²) >= 11 is 0. The quantitative estimate of drug-likeness (QED) is 0.447. The summed E-state index contributed by atoms with van der Waals surface area (Å²) in [6.07, 6.45) is 0. The van der Waals surface area contributed by atoms with E-state index >= 15 is 0 Å². The molecule has 0 aliphatic heterocycles. The van der Waals surface area contributed by atoms with Crippen LogP contribution in [0.2, 0.25) is 0 Å². The van der Waals surface area contributed by atoms with Crippen molar-refractivity contribution < 1.29 is 5.11 Å². The molecule has 0 unspecified atom stereocenters. The summed E-state index contributed by atoms with van der Waals surface area (Å²) in [7, 11) is 0. The lowest BCUT2D eigenvalue weighted by Gasteiger charge is -2.13. The number of aliphatic hydroxyl groups is 1. The summed E-state index contributed by atoms with van der Waals surface area (Å²) < 4.78 is 0. The van der Waals surface area contributed by atoms with Crippen LogP contribution in [0.15, 0.2) is 36.4 Å². The molecule has 0 amide bonds. The Labute approximate surface area is 123 Å². The largest absolute Gasteiger partial charge is 0.399 e. The molecule has 9 N–H and O–H groups in total. The number of hydrogen-bond donors (Lipinski definition) is 6. The number of benzene rings is 2. The molecule has 2 aromatic rings. The molecule has 0 bridgehead atoms. The van der Waals surface area contributed by atoms with E-state index in [1.807, 2.05) is 24.3 Å². The van der Waals surface area contributed by atoms with E-state index < -0.39 is 0 Å². The van der Waals surface area contributed by atoms with E-state index in [2.05, 4.69) is 10.6 Å². The van der Waals surface area contributed by atoms with Crippen molar-refractivity contribution in [3.63, 3.8) is 0 Å². The Bertz CT molecular complexity index is 615. The molecule has 0 saturated carbocycles. The average Bonchev–Trinajstić information content (AvgIpc) is 2.48. The van der Waals surface area contributed by atoms with Gasteiger partial charge in [0.2, 0.25) is 0 Å². The zero-order valence-corrected chi connectivity index (χ0v) is 11.8. The van der Waals surface area contributed by atoms with Crippen LogP contribution in [0, 0.1) is 0 Å². The Balaban J connectivity index is 2.07. The minimum absolute atomic E-state index is 0.0525. The van der Waals surface area contributed by atoms with Crippen LogP contribution in [0.4, 0.5) is 28.4 Å². The zero-order valence-electron chi connectivity index (χ0n) is 11.8. The van der Waals surface area contributed by atoms with Crippen LogP contribution in [0.3, 0.4) is 0 Å². The van der Waals surface area contributed by atoms with Crippen molar-refractivity contribution in [2.24, 2.45) is 0 Å². The molecule has 6 heteroatoms. The molecule has 2 rings (SSSR count). The van der Waals surface area contributed by atoms with Crippen LogP contribution >= 0.6 is 0 Å². The lowest BCUT2D eigenvalue weighted by atomic mass is 10.1. The number of nitrogens with two attached hydrogens (primary N) is 3. The Hall–Kier alpha value is -2.60. The fraction of sp³-hybridized carbons (Fsp3) is 0.200. The van der Waals surface area contributed by atoms with Crippen molar-refractivity contribution in [3.05, 3.63) is 42.0 Å². The van der Waals surface area contributed by atoms with Gasteiger partial charge in [0.25, 0.3) is 0 Å². The fourth-order valence-corrected chi connectivity index (χ4v) is 1.99. The van der Waals surface area contributed by atoms with Gasteiger partial charge >= 0.3 is 0 Å². The van der Waals surface area contributed by atoms with Crippen LogP contribution in [0.25, 0.3) is 0 Å². The third kappa shape index (κ3) is 3.93. The minimum Gasteiger partial charge on any atom is -0.399 e. The highest BCUT2D eigenvalue weighted by Gasteiger charge is 2.03. The molecule has 2 aromatic carbocycles. The molecule has 21 heavy (non-hydrogen) atoms. The zero-order chi connectivity index (χ0) is 15.2. The smallest absolute Gasteiger partial charge is 0.0604 e. The van der Waals surface area contributed by atoms with Crippen LogP contribution < -0.4 is 27.8 Å². The topological polar surface area (TPSA) is 122 Å². The van der Waals surface area contributed by atoms with Gasteiger partial charge in [-0.3, -0.25) is 0 Å². The third-order valence-electron chi connectivity index (χ3n) is 3.13. The first-order valence-electron chi connectivity index (χ1n) is 6.72. The maximum Gasteiger partial charge on any atom is 0.0604 e. The van der Waals surface area contributed by atoms with Crippen molar-refractivity contribution in [2.45, 2.75) is 6.54 Å². The number of aliphatic hydroxyl groups excluding tert-OH is 1. The second-order valence-electron chi connectivity index (χ2n) is 4.76. The van der Waals surface area contributed by atoms with Crippen molar-refractivity contribution in [2.75, 3.05) is 41.0 Å². The molecular formula is C15H21N5O. The summed E-state index contributed by atoms with van der Waals surface area (Å²) in [5, 5.41) is 15.2. The predicted octanol–water partition coefficient (Wildman–Crippen LogP) is 1.45. The van der Waals surface area contributed by atoms with Crippen molar-refractivity contribution in [1.82, 2.24) is 0 Å². The van der Waals surface area contributed by atoms with Crippen LogP contribution in [-0.4, -0.2) is 18.3 Å². The van der Waals surface area contributed by atoms with Gasteiger partial charge < -0.3 is 32.9 Å². The molecule has 0 fully saturated rings. The van der Waals surface area contributed by atoms with Gasteiger partial charge in [-0.2, -0.15) is 0 Å². The van der Waals surface area contributed by atoms with Crippen LogP contribution in [-0.2, 0) is 6.54 Å². The molecule has 112 valence electrons. The Morgan fingerprint density at radius 2 is 1.67 bits per heavy atom. The van der Waals surface area contributed by atoms with Gasteiger partial charge in [0.1, 0.15) is 0 Å². The van der Waals surface area contributed by atoms with E-state index in [1.54, 1.807) is 12.1 Å². The Kier molecular flexibility index (Phi) is 4.73. The predicted molar refractivity (Wildman–Crippen MR) is 89.0 cm³/mol. The van der Waals surface area contributed by atoms with Gasteiger partial charge in [-0.25, -0.2) is 0 Å². The van der Waals surface area contributed by atoms with Gasteiger partial charge in [-0.05, 0) is 42.0 Å². The molecule has 0 aliphatic carbocycles. The van der Waals surface area contributed by atoms with Gasteiger partial charge in [-0.1, -0.05) is 0 Å². The maximum atomic E-state index is 8.85. The van der Waals surface area contributed by atoms with E-state index in [0.717, 1.165) is 16.9 Å². The first-order valence-corrected chi connectivity index (χ1v) is 6.72. The molecule has 6 nitrogen and oxygen atoms in total. The second-order valence-corrected chi connectivity index (χ2v) is 4.76.